The van der Waals surface area contributed by atoms with Crippen molar-refractivity contribution in [2.45, 2.75) is 6.18 Å². The summed E-state index contributed by atoms with van der Waals surface area (Å²) in [6.07, 6.45) is -5.01. The van der Waals surface area contributed by atoms with Crippen molar-refractivity contribution >= 4 is 17.6 Å². The van der Waals surface area contributed by atoms with E-state index in [2.05, 4.69) is 4.74 Å². The number of methoxy groups -OCH3 is 1. The van der Waals surface area contributed by atoms with Crippen LogP contribution < -0.4 is 5.32 Å². The average Bonchev–Trinajstić information content (AvgIpc) is 2.27. The second-order valence-electron chi connectivity index (χ2n) is 2.99. The summed E-state index contributed by atoms with van der Waals surface area (Å²) in [6.45, 7) is 0. The molecule has 0 heterocycles. The van der Waals surface area contributed by atoms with Gasteiger partial charge in [-0.2, -0.15) is 13.2 Å². The normalized spacial score (nSPS) is 10.8. The van der Waals surface area contributed by atoms with E-state index in [1.165, 1.54) is 24.3 Å². The molecular weight excluding hydrogens is 239 g/mol. The zero-order valence-corrected chi connectivity index (χ0v) is 8.67. The van der Waals surface area contributed by atoms with E-state index in [0.717, 1.165) is 7.11 Å². The van der Waals surface area contributed by atoms with E-state index in [9.17, 15) is 22.8 Å². The van der Waals surface area contributed by atoms with Crippen LogP contribution in [0.2, 0.25) is 0 Å². The lowest BCUT2D eigenvalue weighted by Crippen LogP contribution is -2.30. The van der Waals surface area contributed by atoms with Crippen molar-refractivity contribution in [2.24, 2.45) is 0 Å². The number of hydrogen-bond donors (Lipinski definition) is 1. The first-order valence-corrected chi connectivity index (χ1v) is 4.41. The molecule has 0 aromatic heterocycles. The third kappa shape index (κ3) is 3.20. The van der Waals surface area contributed by atoms with Crippen LogP contribution in [0.5, 0.6) is 0 Å². The van der Waals surface area contributed by atoms with Crippen molar-refractivity contribution in [3.8, 4) is 0 Å². The van der Waals surface area contributed by atoms with Crippen LogP contribution in [0.1, 0.15) is 10.4 Å². The van der Waals surface area contributed by atoms with Gasteiger partial charge in [-0.15, -0.1) is 0 Å². The van der Waals surface area contributed by atoms with Gasteiger partial charge in [0.05, 0.1) is 18.4 Å². The molecule has 1 aromatic rings. The number of carbonyl (C=O) groups excluding carboxylic acids is 2. The Balaban J connectivity index is 2.99. The van der Waals surface area contributed by atoms with Crippen molar-refractivity contribution in [2.75, 3.05) is 12.4 Å². The molecular formula is C10H8F3NO3. The van der Waals surface area contributed by atoms with E-state index < -0.39 is 18.1 Å². The van der Waals surface area contributed by atoms with E-state index >= 15 is 0 Å². The summed E-state index contributed by atoms with van der Waals surface area (Å²) in [5.74, 6) is -2.98. The monoisotopic (exact) mass is 247 g/mol. The molecule has 17 heavy (non-hydrogen) atoms. The smallest absolute Gasteiger partial charge is 0.465 e. The molecule has 0 aliphatic rings. The molecule has 0 radical (unpaired) electrons. The molecule has 1 amide bonds. The summed E-state index contributed by atoms with van der Waals surface area (Å²) in [5, 5.41) is 1.60. The number of nitrogens with one attached hydrogen (secondary N) is 1. The van der Waals surface area contributed by atoms with E-state index in [0.29, 0.717) is 0 Å². The van der Waals surface area contributed by atoms with Crippen molar-refractivity contribution in [1.82, 2.24) is 0 Å². The van der Waals surface area contributed by atoms with Gasteiger partial charge in [0.1, 0.15) is 0 Å². The number of ether oxygens (including phenoxy) is 1. The molecule has 92 valence electrons. The van der Waals surface area contributed by atoms with E-state index in [1.54, 1.807) is 5.32 Å². The lowest BCUT2D eigenvalue weighted by molar-refractivity contribution is -0.167. The van der Waals surface area contributed by atoms with Crippen LogP contribution in [-0.4, -0.2) is 25.2 Å². The summed E-state index contributed by atoms with van der Waals surface area (Å²) in [6, 6.07) is 5.25. The number of alkyl halides is 3. The predicted molar refractivity (Wildman–Crippen MR) is 52.5 cm³/mol. The Bertz CT molecular complexity index is 443. The number of para-hydroxylation sites is 1. The SMILES string of the molecule is COC(=O)c1ccccc1NC(=O)C(F)(F)F. The van der Waals surface area contributed by atoms with Gasteiger partial charge in [0, 0.05) is 0 Å². The number of rotatable bonds is 2. The largest absolute Gasteiger partial charge is 0.471 e. The Hall–Kier alpha value is -2.05. The topological polar surface area (TPSA) is 55.4 Å². The molecule has 0 spiro atoms. The lowest BCUT2D eigenvalue weighted by atomic mass is 10.2. The Morgan fingerprint density at radius 2 is 1.82 bits per heavy atom. The van der Waals surface area contributed by atoms with Crippen molar-refractivity contribution in [3.63, 3.8) is 0 Å². The van der Waals surface area contributed by atoms with Crippen LogP contribution in [0.15, 0.2) is 24.3 Å². The van der Waals surface area contributed by atoms with Crippen molar-refractivity contribution < 1.29 is 27.5 Å². The van der Waals surface area contributed by atoms with Gasteiger partial charge in [-0.1, -0.05) is 12.1 Å². The highest BCUT2D eigenvalue weighted by atomic mass is 19.4. The summed E-state index contributed by atoms with van der Waals surface area (Å²) in [4.78, 5) is 21.9. The van der Waals surface area contributed by atoms with Gasteiger partial charge < -0.3 is 10.1 Å². The second kappa shape index (κ2) is 4.86. The molecule has 1 rings (SSSR count). The van der Waals surface area contributed by atoms with E-state index in [4.69, 9.17) is 0 Å². The van der Waals surface area contributed by atoms with Crippen molar-refractivity contribution in [1.29, 1.82) is 0 Å². The zero-order valence-electron chi connectivity index (χ0n) is 8.67. The van der Waals surface area contributed by atoms with E-state index in [1.807, 2.05) is 0 Å². The third-order valence-corrected chi connectivity index (χ3v) is 1.84. The number of amides is 1. The Kier molecular flexibility index (Phi) is 3.72. The Morgan fingerprint density at radius 1 is 1.24 bits per heavy atom. The van der Waals surface area contributed by atoms with Gasteiger partial charge in [-0.3, -0.25) is 4.79 Å². The average molecular weight is 247 g/mol. The lowest BCUT2D eigenvalue weighted by Gasteiger charge is -2.10. The molecule has 0 aliphatic carbocycles. The maximum atomic E-state index is 12.0. The highest BCUT2D eigenvalue weighted by Crippen LogP contribution is 2.21. The number of halogens is 3. The van der Waals surface area contributed by atoms with E-state index in [-0.39, 0.29) is 11.3 Å². The minimum atomic E-state index is -5.01. The fourth-order valence-corrected chi connectivity index (χ4v) is 1.07. The zero-order chi connectivity index (χ0) is 13.1. The number of benzene rings is 1. The van der Waals surface area contributed by atoms with Crippen LogP contribution in [0.25, 0.3) is 0 Å². The fraction of sp³-hybridized carbons (Fsp3) is 0.200. The van der Waals surface area contributed by atoms with Gasteiger partial charge in [0.15, 0.2) is 0 Å². The van der Waals surface area contributed by atoms with Gasteiger partial charge in [-0.05, 0) is 12.1 Å². The molecule has 0 saturated heterocycles. The molecule has 0 aliphatic heterocycles. The molecule has 0 bridgehead atoms. The molecule has 7 heteroatoms. The maximum absolute atomic E-state index is 12.0. The van der Waals surface area contributed by atoms with Gasteiger partial charge in [0.25, 0.3) is 0 Å². The first kappa shape index (κ1) is 13.0. The molecule has 0 unspecified atom stereocenters. The Morgan fingerprint density at radius 3 is 2.35 bits per heavy atom. The third-order valence-electron chi connectivity index (χ3n) is 1.84. The number of carbonyl (C=O) groups is 2. The first-order valence-electron chi connectivity index (χ1n) is 4.41. The summed E-state index contributed by atoms with van der Waals surface area (Å²) in [5.41, 5.74) is -0.394. The summed E-state index contributed by atoms with van der Waals surface area (Å²) in [7, 11) is 1.09. The second-order valence-corrected chi connectivity index (χ2v) is 2.99. The quantitative estimate of drug-likeness (QED) is 0.813. The minimum Gasteiger partial charge on any atom is -0.465 e. The standard InChI is InChI=1S/C10H8F3NO3/c1-17-8(15)6-4-2-3-5-7(6)14-9(16)10(11,12)13/h2-5H,1H3,(H,14,16). The van der Waals surface area contributed by atoms with Gasteiger partial charge in [0.2, 0.25) is 0 Å². The molecule has 0 saturated carbocycles. The van der Waals surface area contributed by atoms with Crippen LogP contribution >= 0.6 is 0 Å². The van der Waals surface area contributed by atoms with Crippen LogP contribution in [0.3, 0.4) is 0 Å². The molecule has 1 aromatic carbocycles. The fourth-order valence-electron chi connectivity index (χ4n) is 1.07. The van der Waals surface area contributed by atoms with Crippen LogP contribution in [0, 0.1) is 0 Å². The Labute approximate surface area is 94.4 Å². The highest BCUT2D eigenvalue weighted by Gasteiger charge is 2.39. The van der Waals surface area contributed by atoms with Crippen LogP contribution in [-0.2, 0) is 9.53 Å². The van der Waals surface area contributed by atoms with Gasteiger partial charge >= 0.3 is 18.1 Å². The molecule has 0 fully saturated rings. The predicted octanol–water partition coefficient (Wildman–Crippen LogP) is 1.97. The van der Waals surface area contributed by atoms with Gasteiger partial charge in [-0.25, -0.2) is 4.79 Å². The minimum absolute atomic E-state index is 0.146. The van der Waals surface area contributed by atoms with Crippen LogP contribution in [0.4, 0.5) is 18.9 Å². The molecule has 0 atom stereocenters. The maximum Gasteiger partial charge on any atom is 0.471 e. The van der Waals surface area contributed by atoms with Crippen molar-refractivity contribution in [3.05, 3.63) is 29.8 Å². The number of hydrogen-bond acceptors (Lipinski definition) is 3. The highest BCUT2D eigenvalue weighted by molar-refractivity contribution is 6.02. The first-order chi connectivity index (χ1) is 7.86. The summed E-state index contributed by atoms with van der Waals surface area (Å²) >= 11 is 0. The number of anilines is 1. The summed E-state index contributed by atoms with van der Waals surface area (Å²) < 4.78 is 40.4. The molecule has 4 nitrogen and oxygen atoms in total. The molecule has 1 N–H and O–H groups in total. The number of esters is 1.